The Morgan fingerprint density at radius 1 is 1.53 bits per heavy atom. The largest absolute Gasteiger partial charge is 0.394 e. The Hall–Kier alpha value is -0.620. The van der Waals surface area contributed by atoms with Crippen molar-refractivity contribution in [3.05, 3.63) is 33.4 Å². The topological polar surface area (TPSA) is 40.5 Å². The van der Waals surface area contributed by atoms with Gasteiger partial charge in [-0.1, -0.05) is 19.1 Å². The van der Waals surface area contributed by atoms with Gasteiger partial charge in [-0.05, 0) is 47.1 Å². The summed E-state index contributed by atoms with van der Waals surface area (Å²) in [6, 6.07) is 7.55. The van der Waals surface area contributed by atoms with E-state index in [1.165, 1.54) is 0 Å². The fraction of sp³-hybridized carbons (Fsp3) is 0.462. The number of benzene rings is 1. The van der Waals surface area contributed by atoms with Gasteiger partial charge in [0.25, 0.3) is 5.91 Å². The van der Waals surface area contributed by atoms with Crippen LogP contribution in [0.25, 0.3) is 0 Å². The summed E-state index contributed by atoms with van der Waals surface area (Å²) in [5, 5.41) is 9.38. The first kappa shape index (κ1) is 12.8. The molecule has 3 nitrogen and oxygen atoms in total. The summed E-state index contributed by atoms with van der Waals surface area (Å²) >= 11 is 2.18. The minimum atomic E-state index is -0.0292. The Morgan fingerprint density at radius 3 is 2.88 bits per heavy atom. The van der Waals surface area contributed by atoms with Gasteiger partial charge in [0.2, 0.25) is 0 Å². The molecule has 0 radical (unpaired) electrons. The molecule has 1 aliphatic rings. The molecule has 1 amide bonds. The molecule has 0 aromatic heterocycles. The van der Waals surface area contributed by atoms with Crippen molar-refractivity contribution >= 4 is 28.5 Å². The predicted molar refractivity (Wildman–Crippen MR) is 74.9 cm³/mol. The lowest BCUT2D eigenvalue weighted by Gasteiger charge is -2.25. The molecule has 1 heterocycles. The number of hydrogen-bond donors (Lipinski definition) is 1. The van der Waals surface area contributed by atoms with E-state index in [9.17, 15) is 9.90 Å². The highest BCUT2D eigenvalue weighted by Gasteiger charge is 2.34. The molecular formula is C13H16INO2. The van der Waals surface area contributed by atoms with Crippen molar-refractivity contribution in [3.63, 3.8) is 0 Å². The summed E-state index contributed by atoms with van der Waals surface area (Å²) in [6.07, 6.45) is 0.973. The SMILES string of the molecule is CC1CCN(C(=O)c2ccccc2I)C1CO. The molecule has 0 saturated carbocycles. The van der Waals surface area contributed by atoms with Crippen LogP contribution >= 0.6 is 22.6 Å². The summed E-state index contributed by atoms with van der Waals surface area (Å²) in [4.78, 5) is 14.2. The third-order valence-electron chi connectivity index (χ3n) is 3.43. The number of amides is 1. The highest BCUT2D eigenvalue weighted by atomic mass is 127. The van der Waals surface area contributed by atoms with Crippen LogP contribution < -0.4 is 0 Å². The number of carbonyl (C=O) groups is 1. The zero-order chi connectivity index (χ0) is 12.4. The van der Waals surface area contributed by atoms with Gasteiger partial charge >= 0.3 is 0 Å². The summed E-state index contributed by atoms with van der Waals surface area (Å²) < 4.78 is 0.964. The first-order valence-electron chi connectivity index (χ1n) is 5.81. The molecule has 0 spiro atoms. The molecule has 0 aliphatic carbocycles. The highest BCUT2D eigenvalue weighted by molar-refractivity contribution is 14.1. The highest BCUT2D eigenvalue weighted by Crippen LogP contribution is 2.26. The normalized spacial score (nSPS) is 24.1. The van der Waals surface area contributed by atoms with Gasteiger partial charge in [0, 0.05) is 10.1 Å². The second-order valence-corrected chi connectivity index (χ2v) is 5.66. The van der Waals surface area contributed by atoms with Crippen molar-refractivity contribution in [3.8, 4) is 0 Å². The van der Waals surface area contributed by atoms with Crippen molar-refractivity contribution < 1.29 is 9.90 Å². The molecule has 1 aliphatic heterocycles. The molecule has 92 valence electrons. The van der Waals surface area contributed by atoms with E-state index in [2.05, 4.69) is 29.5 Å². The number of carbonyl (C=O) groups excluding carboxylic acids is 1. The third kappa shape index (κ3) is 2.47. The van der Waals surface area contributed by atoms with Gasteiger partial charge in [0.15, 0.2) is 0 Å². The first-order chi connectivity index (χ1) is 8.15. The van der Waals surface area contributed by atoms with Gasteiger partial charge in [0.1, 0.15) is 0 Å². The molecule has 17 heavy (non-hydrogen) atoms. The van der Waals surface area contributed by atoms with Gasteiger partial charge in [0.05, 0.1) is 18.2 Å². The van der Waals surface area contributed by atoms with Crippen LogP contribution in [0.5, 0.6) is 0 Å². The van der Waals surface area contributed by atoms with Crippen molar-refractivity contribution in [1.29, 1.82) is 0 Å². The summed E-state index contributed by atoms with van der Waals surface area (Å²) in [5.74, 6) is 0.420. The molecule has 2 atom stereocenters. The molecule has 4 heteroatoms. The Bertz CT molecular complexity index is 422. The van der Waals surface area contributed by atoms with Gasteiger partial charge < -0.3 is 10.0 Å². The van der Waals surface area contributed by atoms with E-state index in [0.717, 1.165) is 22.1 Å². The first-order valence-corrected chi connectivity index (χ1v) is 6.89. The lowest BCUT2D eigenvalue weighted by molar-refractivity contribution is 0.0647. The molecule has 1 aromatic carbocycles. The van der Waals surface area contributed by atoms with Gasteiger partial charge in [-0.15, -0.1) is 0 Å². The van der Waals surface area contributed by atoms with Crippen molar-refractivity contribution in [1.82, 2.24) is 4.90 Å². The molecule has 2 unspecified atom stereocenters. The number of nitrogens with zero attached hydrogens (tertiary/aromatic N) is 1. The minimum Gasteiger partial charge on any atom is -0.394 e. The van der Waals surface area contributed by atoms with E-state index < -0.39 is 0 Å². The lowest BCUT2D eigenvalue weighted by atomic mass is 10.0. The van der Waals surface area contributed by atoms with Gasteiger partial charge in [-0.2, -0.15) is 0 Å². The zero-order valence-corrected chi connectivity index (χ0v) is 11.9. The zero-order valence-electron chi connectivity index (χ0n) is 9.77. The average Bonchev–Trinajstić information content (AvgIpc) is 2.70. The van der Waals surface area contributed by atoms with Crippen LogP contribution in [0.15, 0.2) is 24.3 Å². The quantitative estimate of drug-likeness (QED) is 0.835. The molecule has 1 N–H and O–H groups in total. The van der Waals surface area contributed by atoms with Crippen LogP contribution in [-0.4, -0.2) is 35.1 Å². The Kier molecular flexibility index (Phi) is 4.04. The van der Waals surface area contributed by atoms with Crippen LogP contribution in [-0.2, 0) is 0 Å². The summed E-state index contributed by atoms with van der Waals surface area (Å²) in [6.45, 7) is 2.89. The predicted octanol–water partition coefficient (Wildman–Crippen LogP) is 2.13. The van der Waals surface area contributed by atoms with Crippen molar-refractivity contribution in [2.24, 2.45) is 5.92 Å². The maximum absolute atomic E-state index is 12.4. The summed E-state index contributed by atoms with van der Waals surface area (Å²) in [7, 11) is 0. The van der Waals surface area contributed by atoms with Crippen LogP contribution in [0.3, 0.4) is 0 Å². The number of halogens is 1. The van der Waals surface area contributed by atoms with E-state index in [1.54, 1.807) is 0 Å². The number of aliphatic hydroxyl groups excluding tert-OH is 1. The molecule has 1 aromatic rings. The van der Waals surface area contributed by atoms with Gasteiger partial charge in [-0.3, -0.25) is 4.79 Å². The number of rotatable bonds is 2. The van der Waals surface area contributed by atoms with Crippen molar-refractivity contribution in [2.45, 2.75) is 19.4 Å². The number of hydrogen-bond acceptors (Lipinski definition) is 2. The van der Waals surface area contributed by atoms with E-state index in [0.29, 0.717) is 5.92 Å². The molecule has 1 fully saturated rings. The lowest BCUT2D eigenvalue weighted by Crippen LogP contribution is -2.40. The van der Waals surface area contributed by atoms with Crippen LogP contribution in [0.1, 0.15) is 23.7 Å². The molecular weight excluding hydrogens is 329 g/mol. The standard InChI is InChI=1S/C13H16INO2/c1-9-6-7-15(12(9)8-16)13(17)10-4-2-3-5-11(10)14/h2-5,9,12,16H,6-8H2,1H3. The van der Waals surface area contributed by atoms with Crippen LogP contribution in [0.2, 0.25) is 0 Å². The Morgan fingerprint density at radius 2 is 2.24 bits per heavy atom. The maximum Gasteiger partial charge on any atom is 0.255 e. The fourth-order valence-corrected chi connectivity index (χ4v) is 2.95. The maximum atomic E-state index is 12.4. The number of aliphatic hydroxyl groups is 1. The molecule has 1 saturated heterocycles. The number of likely N-dealkylation sites (tertiary alicyclic amines) is 1. The third-order valence-corrected chi connectivity index (χ3v) is 4.38. The minimum absolute atomic E-state index is 0.0292. The second kappa shape index (κ2) is 5.35. The van der Waals surface area contributed by atoms with Crippen molar-refractivity contribution in [2.75, 3.05) is 13.2 Å². The average molecular weight is 345 g/mol. The molecule has 2 rings (SSSR count). The molecule has 0 bridgehead atoms. The van der Waals surface area contributed by atoms with E-state index in [-0.39, 0.29) is 18.6 Å². The van der Waals surface area contributed by atoms with Crippen LogP contribution in [0.4, 0.5) is 0 Å². The van der Waals surface area contributed by atoms with E-state index in [1.807, 2.05) is 29.2 Å². The Balaban J connectivity index is 2.24. The fourth-order valence-electron chi connectivity index (χ4n) is 2.33. The smallest absolute Gasteiger partial charge is 0.255 e. The van der Waals surface area contributed by atoms with E-state index in [4.69, 9.17) is 0 Å². The Labute approximate surface area is 115 Å². The summed E-state index contributed by atoms with van der Waals surface area (Å²) in [5.41, 5.74) is 0.737. The van der Waals surface area contributed by atoms with E-state index >= 15 is 0 Å². The second-order valence-electron chi connectivity index (χ2n) is 4.49. The van der Waals surface area contributed by atoms with Gasteiger partial charge in [-0.25, -0.2) is 0 Å². The van der Waals surface area contributed by atoms with Crippen LogP contribution in [0, 0.1) is 9.49 Å². The monoisotopic (exact) mass is 345 g/mol.